The fourth-order valence-electron chi connectivity index (χ4n) is 2.75. The fraction of sp³-hybridized carbons (Fsp3) is 0.556. The van der Waals surface area contributed by atoms with Gasteiger partial charge in [-0.15, -0.1) is 0 Å². The van der Waals surface area contributed by atoms with Crippen molar-refractivity contribution in [1.29, 1.82) is 0 Å². The molecule has 6 nitrogen and oxygen atoms in total. The average Bonchev–Trinajstić information content (AvgIpc) is 2.58. The Kier molecular flexibility index (Phi) is 6.06. The van der Waals surface area contributed by atoms with E-state index in [4.69, 9.17) is 9.47 Å². The van der Waals surface area contributed by atoms with Crippen LogP contribution in [-0.2, 0) is 22.6 Å². The Labute approximate surface area is 143 Å². The van der Waals surface area contributed by atoms with Crippen molar-refractivity contribution in [3.63, 3.8) is 0 Å². The molecular weight excluding hydrogens is 308 g/mol. The van der Waals surface area contributed by atoms with Gasteiger partial charge in [-0.2, -0.15) is 0 Å². The van der Waals surface area contributed by atoms with Gasteiger partial charge < -0.3 is 19.7 Å². The van der Waals surface area contributed by atoms with Crippen LogP contribution in [0.2, 0.25) is 0 Å². The standard InChI is InChI=1S/C18H26N2O4/c1-12(2)5-7-19-17(21)18(22)20-8-6-13-9-15(23-3)16(24-4)10-14(13)11-20/h9-10,12H,5-8,11H2,1-4H3,(H,19,21). The van der Waals surface area contributed by atoms with Gasteiger partial charge in [-0.3, -0.25) is 9.59 Å². The maximum absolute atomic E-state index is 12.3. The number of hydrogen-bond donors (Lipinski definition) is 1. The van der Waals surface area contributed by atoms with Gasteiger partial charge in [0.15, 0.2) is 11.5 Å². The van der Waals surface area contributed by atoms with E-state index in [-0.39, 0.29) is 0 Å². The quantitative estimate of drug-likeness (QED) is 0.833. The first-order valence-corrected chi connectivity index (χ1v) is 8.27. The highest BCUT2D eigenvalue weighted by Gasteiger charge is 2.26. The minimum absolute atomic E-state index is 0.409. The number of amides is 2. The lowest BCUT2D eigenvalue weighted by atomic mass is 9.98. The van der Waals surface area contributed by atoms with Crippen molar-refractivity contribution in [3.8, 4) is 11.5 Å². The second kappa shape index (κ2) is 8.04. The van der Waals surface area contributed by atoms with E-state index in [0.29, 0.717) is 43.5 Å². The normalized spacial score (nSPS) is 13.5. The van der Waals surface area contributed by atoms with Crippen LogP contribution < -0.4 is 14.8 Å². The number of benzene rings is 1. The third-order valence-electron chi connectivity index (χ3n) is 4.21. The predicted octanol–water partition coefficient (Wildman–Crippen LogP) is 1.75. The minimum Gasteiger partial charge on any atom is -0.493 e. The van der Waals surface area contributed by atoms with Gasteiger partial charge >= 0.3 is 11.8 Å². The maximum Gasteiger partial charge on any atom is 0.312 e. The lowest BCUT2D eigenvalue weighted by Crippen LogP contribution is -2.45. The van der Waals surface area contributed by atoms with Crippen LogP contribution in [-0.4, -0.2) is 44.0 Å². The molecule has 0 atom stereocenters. The van der Waals surface area contributed by atoms with Gasteiger partial charge in [0.1, 0.15) is 0 Å². The van der Waals surface area contributed by atoms with Crippen LogP contribution in [0.3, 0.4) is 0 Å². The van der Waals surface area contributed by atoms with Crippen molar-refractivity contribution in [3.05, 3.63) is 23.3 Å². The molecule has 0 aliphatic carbocycles. The van der Waals surface area contributed by atoms with Crippen LogP contribution >= 0.6 is 0 Å². The number of carbonyl (C=O) groups excluding carboxylic acids is 2. The van der Waals surface area contributed by atoms with E-state index < -0.39 is 11.8 Å². The summed E-state index contributed by atoms with van der Waals surface area (Å²) in [5.41, 5.74) is 2.11. The first kappa shape index (κ1) is 18.1. The molecular formula is C18H26N2O4. The molecule has 0 saturated carbocycles. The summed E-state index contributed by atoms with van der Waals surface area (Å²) in [6, 6.07) is 3.82. The molecule has 2 amide bonds. The Hall–Kier alpha value is -2.24. The van der Waals surface area contributed by atoms with Gasteiger partial charge in [-0.1, -0.05) is 13.8 Å². The van der Waals surface area contributed by atoms with E-state index in [2.05, 4.69) is 19.2 Å². The summed E-state index contributed by atoms with van der Waals surface area (Å²) in [5, 5.41) is 2.70. The summed E-state index contributed by atoms with van der Waals surface area (Å²) in [6.07, 6.45) is 1.56. The van der Waals surface area contributed by atoms with Crippen LogP contribution in [0.25, 0.3) is 0 Å². The Morgan fingerprint density at radius 1 is 1.17 bits per heavy atom. The third-order valence-corrected chi connectivity index (χ3v) is 4.21. The fourth-order valence-corrected chi connectivity index (χ4v) is 2.75. The highest BCUT2D eigenvalue weighted by atomic mass is 16.5. The van der Waals surface area contributed by atoms with Gasteiger partial charge in [-0.05, 0) is 42.0 Å². The number of rotatable bonds is 5. The first-order chi connectivity index (χ1) is 11.5. The van der Waals surface area contributed by atoms with Crippen LogP contribution in [0.5, 0.6) is 11.5 Å². The number of nitrogens with zero attached hydrogens (tertiary/aromatic N) is 1. The molecule has 0 aromatic heterocycles. The van der Waals surface area contributed by atoms with Gasteiger partial charge in [0.2, 0.25) is 0 Å². The van der Waals surface area contributed by atoms with Crippen molar-refractivity contribution >= 4 is 11.8 Å². The van der Waals surface area contributed by atoms with E-state index in [9.17, 15) is 9.59 Å². The molecule has 24 heavy (non-hydrogen) atoms. The van der Waals surface area contributed by atoms with Crippen LogP contribution in [0.1, 0.15) is 31.4 Å². The smallest absolute Gasteiger partial charge is 0.312 e. The van der Waals surface area contributed by atoms with E-state index >= 15 is 0 Å². The zero-order valence-corrected chi connectivity index (χ0v) is 14.8. The number of carbonyl (C=O) groups is 2. The summed E-state index contributed by atoms with van der Waals surface area (Å²) >= 11 is 0. The number of ether oxygens (including phenoxy) is 2. The zero-order chi connectivity index (χ0) is 17.7. The van der Waals surface area contributed by atoms with Gasteiger partial charge in [0.05, 0.1) is 14.2 Å². The highest BCUT2D eigenvalue weighted by molar-refractivity contribution is 6.35. The molecule has 0 fully saturated rings. The molecule has 1 aromatic carbocycles. The topological polar surface area (TPSA) is 67.9 Å². The van der Waals surface area contributed by atoms with Crippen molar-refractivity contribution in [2.24, 2.45) is 5.92 Å². The molecule has 1 N–H and O–H groups in total. The monoisotopic (exact) mass is 334 g/mol. The van der Waals surface area contributed by atoms with Gasteiger partial charge in [0, 0.05) is 19.6 Å². The summed E-state index contributed by atoms with van der Waals surface area (Å²) in [5.74, 6) is 0.804. The Bertz CT molecular complexity index is 613. The van der Waals surface area contributed by atoms with Crippen molar-refractivity contribution in [2.75, 3.05) is 27.3 Å². The van der Waals surface area contributed by atoms with E-state index in [1.165, 1.54) is 0 Å². The second-order valence-corrected chi connectivity index (χ2v) is 6.39. The molecule has 0 saturated heterocycles. The van der Waals surface area contributed by atoms with Crippen molar-refractivity contribution in [2.45, 2.75) is 33.2 Å². The molecule has 0 radical (unpaired) electrons. The highest BCUT2D eigenvalue weighted by Crippen LogP contribution is 2.33. The Balaban J connectivity index is 2.03. The minimum atomic E-state index is -0.528. The molecule has 0 bridgehead atoms. The van der Waals surface area contributed by atoms with Crippen molar-refractivity contribution in [1.82, 2.24) is 10.2 Å². The van der Waals surface area contributed by atoms with E-state index in [1.807, 2.05) is 12.1 Å². The molecule has 0 unspecified atom stereocenters. The number of nitrogens with one attached hydrogen (secondary N) is 1. The summed E-state index contributed by atoms with van der Waals surface area (Å²) in [6.45, 7) is 5.62. The maximum atomic E-state index is 12.3. The molecule has 2 rings (SSSR count). The van der Waals surface area contributed by atoms with Crippen LogP contribution in [0.15, 0.2) is 12.1 Å². The molecule has 6 heteroatoms. The Morgan fingerprint density at radius 2 is 1.79 bits per heavy atom. The molecule has 0 spiro atoms. The molecule has 1 aliphatic heterocycles. The lowest BCUT2D eigenvalue weighted by molar-refractivity contribution is -0.146. The summed E-state index contributed by atoms with van der Waals surface area (Å²) < 4.78 is 10.6. The van der Waals surface area contributed by atoms with Crippen LogP contribution in [0.4, 0.5) is 0 Å². The first-order valence-electron chi connectivity index (χ1n) is 8.27. The number of fused-ring (bicyclic) bond motifs is 1. The van der Waals surface area contributed by atoms with Crippen LogP contribution in [0, 0.1) is 5.92 Å². The molecule has 1 heterocycles. The third kappa shape index (κ3) is 4.19. The second-order valence-electron chi connectivity index (χ2n) is 6.39. The summed E-state index contributed by atoms with van der Waals surface area (Å²) in [7, 11) is 3.18. The lowest BCUT2D eigenvalue weighted by Gasteiger charge is -2.29. The molecule has 1 aliphatic rings. The largest absolute Gasteiger partial charge is 0.493 e. The number of methoxy groups -OCH3 is 2. The van der Waals surface area contributed by atoms with Crippen molar-refractivity contribution < 1.29 is 19.1 Å². The Morgan fingerprint density at radius 3 is 2.38 bits per heavy atom. The molecule has 1 aromatic rings. The van der Waals surface area contributed by atoms with Gasteiger partial charge in [-0.25, -0.2) is 0 Å². The summed E-state index contributed by atoms with van der Waals surface area (Å²) in [4.78, 5) is 25.9. The predicted molar refractivity (Wildman–Crippen MR) is 91.1 cm³/mol. The molecule has 132 valence electrons. The SMILES string of the molecule is COc1cc2c(cc1OC)CN(C(=O)C(=O)NCCC(C)C)CC2. The van der Waals surface area contributed by atoms with E-state index in [1.54, 1.807) is 19.1 Å². The van der Waals surface area contributed by atoms with Gasteiger partial charge in [0.25, 0.3) is 0 Å². The average molecular weight is 334 g/mol. The zero-order valence-electron chi connectivity index (χ0n) is 14.8. The van der Waals surface area contributed by atoms with E-state index in [0.717, 1.165) is 17.5 Å². The number of hydrogen-bond acceptors (Lipinski definition) is 4.